The summed E-state index contributed by atoms with van der Waals surface area (Å²) in [6, 6.07) is 0. The van der Waals surface area contributed by atoms with Crippen LogP contribution in [0, 0.1) is 11.8 Å². The molecular formula is C77H150O17P2. The van der Waals surface area contributed by atoms with Crippen molar-refractivity contribution in [2.24, 2.45) is 11.8 Å². The second-order valence-electron chi connectivity index (χ2n) is 28.5. The van der Waals surface area contributed by atoms with Crippen LogP contribution in [0.1, 0.15) is 401 Å². The molecule has 0 spiro atoms. The summed E-state index contributed by atoms with van der Waals surface area (Å²) in [6.45, 7) is 9.64. The van der Waals surface area contributed by atoms with Crippen molar-refractivity contribution >= 4 is 39.5 Å². The Hall–Kier alpha value is -1.94. The van der Waals surface area contributed by atoms with Gasteiger partial charge in [0.05, 0.1) is 26.4 Å². The van der Waals surface area contributed by atoms with E-state index in [-0.39, 0.29) is 25.7 Å². The molecule has 0 aromatic carbocycles. The van der Waals surface area contributed by atoms with Crippen molar-refractivity contribution in [2.75, 3.05) is 39.6 Å². The number of aliphatic hydroxyl groups excluding tert-OH is 1. The highest BCUT2D eigenvalue weighted by atomic mass is 31.2. The predicted octanol–water partition coefficient (Wildman–Crippen LogP) is 22.7. The zero-order chi connectivity index (χ0) is 70.7. The maximum absolute atomic E-state index is 13.1. The molecule has 0 radical (unpaired) electrons. The maximum atomic E-state index is 13.1. The normalized spacial score (nSPS) is 14.3. The largest absolute Gasteiger partial charge is 0.472 e. The number of hydrogen-bond acceptors (Lipinski definition) is 15. The first kappa shape index (κ1) is 94.1. The Kier molecular flexibility index (Phi) is 67.4. The van der Waals surface area contributed by atoms with Gasteiger partial charge in [0.2, 0.25) is 0 Å². The monoisotopic (exact) mass is 1410 g/mol. The first-order valence-corrected chi connectivity index (χ1v) is 43.0. The Labute approximate surface area is 588 Å². The van der Waals surface area contributed by atoms with Gasteiger partial charge in [0.15, 0.2) is 12.2 Å². The molecule has 19 heteroatoms. The van der Waals surface area contributed by atoms with Crippen molar-refractivity contribution in [3.63, 3.8) is 0 Å². The second kappa shape index (κ2) is 68.8. The van der Waals surface area contributed by atoms with E-state index in [0.717, 1.165) is 108 Å². The summed E-state index contributed by atoms with van der Waals surface area (Å²) < 4.78 is 68.5. The van der Waals surface area contributed by atoms with E-state index in [9.17, 15) is 43.2 Å². The van der Waals surface area contributed by atoms with Crippen molar-refractivity contribution < 1.29 is 80.2 Å². The lowest BCUT2D eigenvalue weighted by molar-refractivity contribution is -0.161. The Morgan fingerprint density at radius 2 is 0.531 bits per heavy atom. The number of esters is 4. The van der Waals surface area contributed by atoms with Gasteiger partial charge in [0.25, 0.3) is 0 Å². The van der Waals surface area contributed by atoms with E-state index in [4.69, 9.17) is 37.0 Å². The molecule has 0 saturated heterocycles. The molecule has 0 aromatic heterocycles. The molecule has 6 atom stereocenters. The summed E-state index contributed by atoms with van der Waals surface area (Å²) in [7, 11) is -9.91. The number of carbonyl (C=O) groups excluding carboxylic acids is 4. The Bertz CT molecular complexity index is 1860. The van der Waals surface area contributed by atoms with Crippen LogP contribution in [0.3, 0.4) is 0 Å². The molecule has 3 N–H and O–H groups in total. The Morgan fingerprint density at radius 3 is 0.792 bits per heavy atom. The number of hydrogen-bond donors (Lipinski definition) is 3. The van der Waals surface area contributed by atoms with E-state index in [0.29, 0.717) is 25.7 Å². The minimum absolute atomic E-state index is 0.106. The number of phosphoric ester groups is 2. The number of unbranched alkanes of at least 4 members (excludes halogenated alkanes) is 45. The molecule has 0 rings (SSSR count). The van der Waals surface area contributed by atoms with Crippen LogP contribution in [0.4, 0.5) is 0 Å². The fraction of sp³-hybridized carbons (Fsp3) is 0.948. The van der Waals surface area contributed by atoms with Gasteiger partial charge in [-0.05, 0) is 37.5 Å². The van der Waals surface area contributed by atoms with E-state index >= 15 is 0 Å². The Balaban J connectivity index is 5.21. The summed E-state index contributed by atoms with van der Waals surface area (Å²) in [4.78, 5) is 72.8. The zero-order valence-corrected chi connectivity index (χ0v) is 64.5. The average Bonchev–Trinajstić information content (AvgIpc) is 3.64. The van der Waals surface area contributed by atoms with Crippen molar-refractivity contribution in [1.29, 1.82) is 0 Å². The molecule has 0 aliphatic rings. The highest BCUT2D eigenvalue weighted by Crippen LogP contribution is 2.45. The number of ether oxygens (including phenoxy) is 4. The van der Waals surface area contributed by atoms with Gasteiger partial charge in [-0.15, -0.1) is 0 Å². The van der Waals surface area contributed by atoms with Crippen LogP contribution in [0.2, 0.25) is 0 Å². The van der Waals surface area contributed by atoms with Crippen LogP contribution in [-0.4, -0.2) is 96.7 Å². The summed E-state index contributed by atoms with van der Waals surface area (Å²) in [5.41, 5.74) is 0. The molecule has 0 aliphatic carbocycles. The fourth-order valence-corrected chi connectivity index (χ4v) is 13.4. The molecule has 17 nitrogen and oxygen atoms in total. The van der Waals surface area contributed by atoms with Gasteiger partial charge in [0.1, 0.15) is 19.3 Å². The predicted molar refractivity (Wildman–Crippen MR) is 391 cm³/mol. The Morgan fingerprint density at radius 1 is 0.302 bits per heavy atom. The highest BCUT2D eigenvalue weighted by molar-refractivity contribution is 7.47. The van der Waals surface area contributed by atoms with Gasteiger partial charge in [0, 0.05) is 25.7 Å². The van der Waals surface area contributed by atoms with Gasteiger partial charge >= 0.3 is 39.5 Å². The summed E-state index contributed by atoms with van der Waals surface area (Å²) >= 11 is 0. The lowest BCUT2D eigenvalue weighted by Gasteiger charge is -2.21. The van der Waals surface area contributed by atoms with Gasteiger partial charge in [-0.2, -0.15) is 0 Å². The summed E-state index contributed by atoms with van der Waals surface area (Å²) in [5, 5.41) is 10.6. The molecular weight excluding hydrogens is 1260 g/mol. The third-order valence-corrected chi connectivity index (χ3v) is 20.2. The minimum Gasteiger partial charge on any atom is -0.462 e. The van der Waals surface area contributed by atoms with Crippen LogP contribution in [0.15, 0.2) is 0 Å². The third-order valence-electron chi connectivity index (χ3n) is 18.3. The number of carbonyl (C=O) groups is 4. The number of aliphatic hydroxyl groups is 1. The van der Waals surface area contributed by atoms with E-state index in [2.05, 4.69) is 41.5 Å². The average molecular weight is 1410 g/mol. The lowest BCUT2D eigenvalue weighted by atomic mass is 9.99. The van der Waals surface area contributed by atoms with Gasteiger partial charge in [-0.25, -0.2) is 9.13 Å². The van der Waals surface area contributed by atoms with Crippen LogP contribution in [0.5, 0.6) is 0 Å². The first-order valence-electron chi connectivity index (χ1n) is 40.0. The van der Waals surface area contributed by atoms with E-state index in [1.165, 1.54) is 212 Å². The zero-order valence-electron chi connectivity index (χ0n) is 62.7. The first-order chi connectivity index (χ1) is 46.4. The molecule has 0 aromatic rings. The molecule has 570 valence electrons. The molecule has 0 saturated carbocycles. The van der Waals surface area contributed by atoms with Crippen molar-refractivity contribution in [1.82, 2.24) is 0 Å². The molecule has 96 heavy (non-hydrogen) atoms. The van der Waals surface area contributed by atoms with E-state index < -0.39 is 97.5 Å². The SMILES string of the molecule is CCCCCCCCCCCCCCCCCC(=O)OC[C@H](COP(=O)(O)OC[C@@H](O)COP(=O)(O)OC[C@@H](COC(=O)CCCCCCCCCC)OC(=O)CCCCCCCCCCCCC(C)CC)OC(=O)CCCCCCCCCCCCCCCCCCC(C)C. The van der Waals surface area contributed by atoms with Crippen LogP contribution >= 0.6 is 15.6 Å². The van der Waals surface area contributed by atoms with Crippen molar-refractivity contribution in [2.45, 2.75) is 419 Å². The molecule has 0 aliphatic heterocycles. The highest BCUT2D eigenvalue weighted by Gasteiger charge is 2.30. The van der Waals surface area contributed by atoms with Gasteiger partial charge in [-0.3, -0.25) is 37.3 Å². The quantitative estimate of drug-likeness (QED) is 0.0222. The second-order valence-corrected chi connectivity index (χ2v) is 31.4. The van der Waals surface area contributed by atoms with Crippen LogP contribution < -0.4 is 0 Å². The van der Waals surface area contributed by atoms with Crippen LogP contribution in [-0.2, 0) is 65.4 Å². The maximum Gasteiger partial charge on any atom is 0.472 e. The topological polar surface area (TPSA) is 237 Å². The fourth-order valence-electron chi connectivity index (χ4n) is 11.8. The van der Waals surface area contributed by atoms with Gasteiger partial charge in [-0.1, -0.05) is 350 Å². The van der Waals surface area contributed by atoms with E-state index in [1.54, 1.807) is 0 Å². The standard InChI is InChI=1S/C77H150O17P2/c1-7-10-12-14-16-18-19-20-23-27-30-36-42-48-54-60-75(80)88-66-73(94-76(81)61-55-49-43-37-31-28-25-22-21-24-26-29-34-39-45-51-57-69(4)5)68-92-96(85,86)90-64-71(78)63-89-95(83,84)91-67-72(65-87-74(79)59-53-47-41-17-15-13-11-8-2)93-77(82)62-56-50-44-38-33-32-35-40-46-52-58-70(6)9-3/h69-73,78H,7-68H2,1-6H3,(H,83,84)(H,85,86)/t70?,71-,72+,73+/m0/s1. The minimum atomic E-state index is -4.96. The van der Waals surface area contributed by atoms with Gasteiger partial charge < -0.3 is 33.8 Å². The van der Waals surface area contributed by atoms with Crippen molar-refractivity contribution in [3.05, 3.63) is 0 Å². The smallest absolute Gasteiger partial charge is 0.462 e. The molecule has 0 heterocycles. The van der Waals surface area contributed by atoms with E-state index in [1.807, 2.05) is 0 Å². The molecule has 3 unspecified atom stereocenters. The molecule has 0 fully saturated rings. The number of rotatable bonds is 76. The lowest BCUT2D eigenvalue weighted by Crippen LogP contribution is -2.30. The molecule has 0 bridgehead atoms. The molecule has 0 amide bonds. The van der Waals surface area contributed by atoms with Crippen molar-refractivity contribution in [3.8, 4) is 0 Å². The summed E-state index contributed by atoms with van der Waals surface area (Å²) in [6.07, 6.45) is 56.8. The summed E-state index contributed by atoms with van der Waals surface area (Å²) in [5.74, 6) is -0.503. The number of phosphoric acid groups is 2. The third kappa shape index (κ3) is 69.2. The van der Waals surface area contributed by atoms with Crippen LogP contribution in [0.25, 0.3) is 0 Å².